The van der Waals surface area contributed by atoms with E-state index in [1.165, 1.54) is 20.9 Å². The summed E-state index contributed by atoms with van der Waals surface area (Å²) in [5.74, 6) is -0.776. The third-order valence-electron chi connectivity index (χ3n) is 9.13. The second-order valence-electron chi connectivity index (χ2n) is 10.5. The van der Waals surface area contributed by atoms with E-state index in [2.05, 4.69) is 26.0 Å². The van der Waals surface area contributed by atoms with Crippen molar-refractivity contribution in [3.05, 3.63) is 47.6 Å². The Labute approximate surface area is 185 Å². The molecule has 4 fully saturated rings. The summed E-state index contributed by atoms with van der Waals surface area (Å²) in [7, 11) is 0. The van der Waals surface area contributed by atoms with Crippen LogP contribution in [0.4, 0.5) is 11.4 Å². The van der Waals surface area contributed by atoms with E-state index in [1.807, 2.05) is 0 Å². The van der Waals surface area contributed by atoms with Crippen LogP contribution in [-0.4, -0.2) is 23.6 Å². The largest absolute Gasteiger partial charge is 0.274 e. The standard InChI is InChI=1S/C26H24N2O4/c1-11-7-13-9-17(11)21-19(13)23(29)27(25(21)31)15-3-5-16(6-4-15)28-24(30)20-14-8-12(2)18(10-14)22(20)26(28)32/h3-8,13-14,17-22H,9-10H2,1-2H3/t13-,14-,17+,18+,19+,20+,21-,22+/m0/s1. The first-order valence-corrected chi connectivity index (χ1v) is 11.6. The summed E-state index contributed by atoms with van der Waals surface area (Å²) >= 11 is 0. The van der Waals surface area contributed by atoms with Gasteiger partial charge in [0.25, 0.3) is 0 Å². The molecule has 0 spiro atoms. The summed E-state index contributed by atoms with van der Waals surface area (Å²) < 4.78 is 0. The van der Waals surface area contributed by atoms with Gasteiger partial charge in [0.2, 0.25) is 23.6 Å². The second-order valence-corrected chi connectivity index (χ2v) is 10.5. The van der Waals surface area contributed by atoms with Gasteiger partial charge in [-0.2, -0.15) is 0 Å². The van der Waals surface area contributed by atoms with E-state index >= 15 is 0 Å². The highest BCUT2D eigenvalue weighted by Gasteiger charge is 2.62. The fourth-order valence-corrected chi connectivity index (χ4v) is 7.81. The molecule has 0 radical (unpaired) electrons. The molecule has 6 aliphatic rings. The summed E-state index contributed by atoms with van der Waals surface area (Å²) in [6.07, 6.45) is 6.14. The lowest BCUT2D eigenvalue weighted by Gasteiger charge is -2.21. The quantitative estimate of drug-likeness (QED) is 0.536. The van der Waals surface area contributed by atoms with Crippen molar-refractivity contribution in [3.8, 4) is 0 Å². The SMILES string of the molecule is CC1=C[C@H]2C[C@H]1[C@@H]1C(=O)N(c3ccc(N4C(=O)[C@H]5[C@H](C4=O)[C@H]4C=C(C)[C@H]5C4)cc3)C(=O)[C@@H]12. The van der Waals surface area contributed by atoms with Gasteiger partial charge >= 0.3 is 0 Å². The number of hydrogen-bond acceptors (Lipinski definition) is 4. The number of amides is 4. The Hall–Kier alpha value is -3.02. The van der Waals surface area contributed by atoms with Crippen molar-refractivity contribution in [1.82, 2.24) is 0 Å². The summed E-state index contributed by atoms with van der Waals surface area (Å²) in [6.45, 7) is 4.11. The monoisotopic (exact) mass is 428 g/mol. The fraction of sp³-hybridized carbons (Fsp3) is 0.462. The Bertz CT molecular complexity index is 1100. The van der Waals surface area contributed by atoms with Gasteiger partial charge in [-0.05, 0) is 74.6 Å². The number of anilines is 2. The molecule has 2 saturated carbocycles. The molecule has 0 unspecified atom stereocenters. The molecule has 8 atom stereocenters. The van der Waals surface area contributed by atoms with E-state index < -0.39 is 0 Å². The molecule has 2 heterocycles. The number of rotatable bonds is 2. The van der Waals surface area contributed by atoms with Gasteiger partial charge in [0, 0.05) is 0 Å². The van der Waals surface area contributed by atoms with Crippen molar-refractivity contribution in [2.75, 3.05) is 9.80 Å². The molecule has 162 valence electrons. The number of carbonyl (C=O) groups is 4. The molecule has 32 heavy (non-hydrogen) atoms. The molecule has 0 aromatic heterocycles. The molecular formula is C26H24N2O4. The van der Waals surface area contributed by atoms with Gasteiger partial charge in [0.1, 0.15) is 0 Å². The van der Waals surface area contributed by atoms with E-state index in [-0.39, 0.29) is 71.0 Å². The lowest BCUT2D eigenvalue weighted by Crippen LogP contribution is -2.34. The van der Waals surface area contributed by atoms with E-state index in [0.29, 0.717) is 11.4 Å². The fourth-order valence-electron chi connectivity index (χ4n) is 7.81. The highest BCUT2D eigenvalue weighted by atomic mass is 16.2. The second kappa shape index (κ2) is 5.85. The number of imide groups is 2. The molecular weight excluding hydrogens is 404 g/mol. The minimum Gasteiger partial charge on any atom is -0.274 e. The van der Waals surface area contributed by atoms with Crippen molar-refractivity contribution in [1.29, 1.82) is 0 Å². The van der Waals surface area contributed by atoms with Crippen LogP contribution >= 0.6 is 0 Å². The summed E-state index contributed by atoms with van der Waals surface area (Å²) in [4.78, 5) is 55.3. The van der Waals surface area contributed by atoms with E-state index in [9.17, 15) is 19.2 Å². The molecule has 4 bridgehead atoms. The Morgan fingerprint density at radius 3 is 1.31 bits per heavy atom. The highest BCUT2D eigenvalue weighted by Crippen LogP contribution is 2.57. The lowest BCUT2D eigenvalue weighted by atomic mass is 9.82. The maximum Gasteiger partial charge on any atom is 0.238 e. The van der Waals surface area contributed by atoms with Crippen LogP contribution in [0.5, 0.6) is 0 Å². The van der Waals surface area contributed by atoms with E-state index in [1.54, 1.807) is 24.3 Å². The number of hydrogen-bond donors (Lipinski definition) is 0. The third-order valence-corrected chi connectivity index (χ3v) is 9.13. The number of carbonyl (C=O) groups excluding carboxylic acids is 4. The normalized spacial score (nSPS) is 41.1. The predicted octanol–water partition coefficient (Wildman–Crippen LogP) is 3.09. The summed E-state index contributed by atoms with van der Waals surface area (Å²) in [5.41, 5.74) is 3.49. The Morgan fingerprint density at radius 2 is 0.938 bits per heavy atom. The van der Waals surface area contributed by atoms with Crippen molar-refractivity contribution >= 4 is 35.0 Å². The van der Waals surface area contributed by atoms with Crippen LogP contribution in [-0.2, 0) is 19.2 Å². The average Bonchev–Trinajstić information content (AvgIpc) is 3.57. The topological polar surface area (TPSA) is 74.8 Å². The zero-order chi connectivity index (χ0) is 22.0. The first kappa shape index (κ1) is 18.5. The molecule has 7 rings (SSSR count). The number of fused-ring (bicyclic) bond motifs is 10. The predicted molar refractivity (Wildman–Crippen MR) is 116 cm³/mol. The van der Waals surface area contributed by atoms with Crippen LogP contribution in [0.25, 0.3) is 0 Å². The summed E-state index contributed by atoms with van der Waals surface area (Å²) in [5, 5.41) is 0. The van der Waals surface area contributed by atoms with Crippen molar-refractivity contribution in [2.24, 2.45) is 47.3 Å². The Kier molecular flexibility index (Phi) is 3.39. The van der Waals surface area contributed by atoms with Crippen molar-refractivity contribution in [3.63, 3.8) is 0 Å². The zero-order valence-corrected chi connectivity index (χ0v) is 18.0. The van der Waals surface area contributed by atoms with Crippen LogP contribution in [0.15, 0.2) is 47.6 Å². The zero-order valence-electron chi connectivity index (χ0n) is 18.0. The first-order valence-electron chi connectivity index (χ1n) is 11.6. The number of allylic oxidation sites excluding steroid dienone is 4. The van der Waals surface area contributed by atoms with Crippen LogP contribution < -0.4 is 9.80 Å². The minimum atomic E-state index is -0.247. The molecule has 6 nitrogen and oxygen atoms in total. The van der Waals surface area contributed by atoms with Crippen LogP contribution in [0.1, 0.15) is 26.7 Å². The summed E-state index contributed by atoms with van der Waals surface area (Å²) in [6, 6.07) is 6.78. The van der Waals surface area contributed by atoms with Gasteiger partial charge in [-0.3, -0.25) is 29.0 Å². The van der Waals surface area contributed by atoms with Crippen LogP contribution in [0.3, 0.4) is 0 Å². The van der Waals surface area contributed by atoms with Crippen molar-refractivity contribution < 1.29 is 19.2 Å². The Balaban J connectivity index is 1.17. The van der Waals surface area contributed by atoms with Gasteiger partial charge in [0.05, 0.1) is 35.0 Å². The van der Waals surface area contributed by atoms with Crippen molar-refractivity contribution in [2.45, 2.75) is 26.7 Å². The lowest BCUT2D eigenvalue weighted by molar-refractivity contribution is -0.124. The minimum absolute atomic E-state index is 0.117. The third kappa shape index (κ3) is 2.02. The van der Waals surface area contributed by atoms with Gasteiger partial charge in [-0.25, -0.2) is 0 Å². The van der Waals surface area contributed by atoms with E-state index in [4.69, 9.17) is 0 Å². The number of benzene rings is 1. The smallest absolute Gasteiger partial charge is 0.238 e. The molecule has 2 aliphatic heterocycles. The van der Waals surface area contributed by atoms with Crippen LogP contribution in [0, 0.1) is 47.3 Å². The van der Waals surface area contributed by atoms with E-state index in [0.717, 1.165) is 12.8 Å². The molecule has 4 amide bonds. The molecule has 4 aliphatic carbocycles. The average molecular weight is 428 g/mol. The molecule has 6 heteroatoms. The molecule has 2 saturated heterocycles. The highest BCUT2D eigenvalue weighted by molar-refractivity contribution is 6.24. The van der Waals surface area contributed by atoms with Gasteiger partial charge in [-0.1, -0.05) is 23.3 Å². The Morgan fingerprint density at radius 1 is 0.594 bits per heavy atom. The molecule has 1 aromatic carbocycles. The van der Waals surface area contributed by atoms with Crippen LogP contribution in [0.2, 0.25) is 0 Å². The van der Waals surface area contributed by atoms with Gasteiger partial charge in [-0.15, -0.1) is 0 Å². The maximum atomic E-state index is 13.2. The number of nitrogens with zero attached hydrogens (tertiary/aromatic N) is 2. The van der Waals surface area contributed by atoms with Gasteiger partial charge in [0.15, 0.2) is 0 Å². The maximum absolute atomic E-state index is 13.2. The first-order chi connectivity index (χ1) is 15.4. The molecule has 1 aromatic rings. The molecule has 0 N–H and O–H groups in total. The van der Waals surface area contributed by atoms with Gasteiger partial charge < -0.3 is 0 Å².